The highest BCUT2D eigenvalue weighted by molar-refractivity contribution is 5.89. The minimum atomic E-state index is -0.250. The van der Waals surface area contributed by atoms with Crippen molar-refractivity contribution in [2.45, 2.75) is 38.8 Å². The quantitative estimate of drug-likeness (QED) is 0.838. The Morgan fingerprint density at radius 1 is 1.30 bits per heavy atom. The fourth-order valence-electron chi connectivity index (χ4n) is 2.36. The maximum Gasteiger partial charge on any atom is 0.338 e. The molecule has 1 aliphatic rings. The van der Waals surface area contributed by atoms with E-state index in [0.29, 0.717) is 12.2 Å². The van der Waals surface area contributed by atoms with E-state index in [1.54, 1.807) is 0 Å². The number of rotatable bonds is 5. The molecule has 0 aliphatic carbocycles. The highest BCUT2D eigenvalue weighted by Crippen LogP contribution is 2.14. The molecule has 0 saturated carbocycles. The minimum Gasteiger partial charge on any atom is -0.462 e. The monoisotopic (exact) mass is 277 g/mol. The predicted octanol–water partition coefficient (Wildman–Crippen LogP) is 2.21. The molecule has 0 spiro atoms. The van der Waals surface area contributed by atoms with Crippen molar-refractivity contribution < 1.29 is 14.6 Å². The summed E-state index contributed by atoms with van der Waals surface area (Å²) in [6.45, 7) is 5.18. The van der Waals surface area contributed by atoms with Crippen LogP contribution in [0.25, 0.3) is 0 Å². The number of likely N-dealkylation sites (tertiary alicyclic amines) is 1. The van der Waals surface area contributed by atoms with Crippen molar-refractivity contribution in [3.8, 4) is 0 Å². The standard InChI is InChI=1S/C16H23NO3/c1-2-11-20-16(19)14-5-3-13(4-6-14)12-17-9-7-15(18)8-10-17/h3-6,15,18H,2,7-12H2,1H3. The third-order valence-electron chi connectivity index (χ3n) is 3.59. The van der Waals surface area contributed by atoms with Crippen molar-refractivity contribution >= 4 is 5.97 Å². The Morgan fingerprint density at radius 2 is 1.95 bits per heavy atom. The lowest BCUT2D eigenvalue weighted by Crippen LogP contribution is -2.35. The summed E-state index contributed by atoms with van der Waals surface area (Å²) in [6, 6.07) is 7.61. The first-order valence-corrected chi connectivity index (χ1v) is 7.35. The van der Waals surface area contributed by atoms with Crippen LogP contribution >= 0.6 is 0 Å². The summed E-state index contributed by atoms with van der Waals surface area (Å²) in [4.78, 5) is 14.0. The molecule has 4 nitrogen and oxygen atoms in total. The number of benzene rings is 1. The van der Waals surface area contributed by atoms with Gasteiger partial charge in [0, 0.05) is 19.6 Å². The van der Waals surface area contributed by atoms with Gasteiger partial charge in [-0.2, -0.15) is 0 Å². The number of ether oxygens (including phenoxy) is 1. The largest absolute Gasteiger partial charge is 0.462 e. The van der Waals surface area contributed by atoms with Crippen molar-refractivity contribution in [2.24, 2.45) is 0 Å². The summed E-state index contributed by atoms with van der Waals surface area (Å²) in [6.07, 6.45) is 2.40. The second-order valence-electron chi connectivity index (χ2n) is 5.34. The first kappa shape index (κ1) is 15.0. The Bertz CT molecular complexity index is 422. The molecular weight excluding hydrogens is 254 g/mol. The van der Waals surface area contributed by atoms with Gasteiger partial charge in [0.15, 0.2) is 0 Å². The third-order valence-corrected chi connectivity index (χ3v) is 3.59. The van der Waals surface area contributed by atoms with Crippen LogP contribution in [-0.4, -0.2) is 41.8 Å². The third kappa shape index (κ3) is 4.32. The molecule has 1 aliphatic heterocycles. The summed E-state index contributed by atoms with van der Waals surface area (Å²) in [5.41, 5.74) is 1.80. The Hall–Kier alpha value is -1.39. The molecule has 110 valence electrons. The Labute approximate surface area is 120 Å². The van der Waals surface area contributed by atoms with Gasteiger partial charge in [-0.05, 0) is 37.0 Å². The van der Waals surface area contributed by atoms with Gasteiger partial charge in [0.25, 0.3) is 0 Å². The molecule has 1 aromatic rings. The number of piperidine rings is 1. The Balaban J connectivity index is 1.86. The maximum absolute atomic E-state index is 11.7. The van der Waals surface area contributed by atoms with Crippen LogP contribution in [0, 0.1) is 0 Å². The van der Waals surface area contributed by atoms with Gasteiger partial charge in [-0.1, -0.05) is 19.1 Å². The molecule has 0 amide bonds. The summed E-state index contributed by atoms with van der Waals surface area (Å²) in [5, 5.41) is 9.48. The first-order chi connectivity index (χ1) is 9.69. The van der Waals surface area contributed by atoms with E-state index < -0.39 is 0 Å². The summed E-state index contributed by atoms with van der Waals surface area (Å²) in [5.74, 6) is -0.250. The first-order valence-electron chi connectivity index (χ1n) is 7.35. The second-order valence-corrected chi connectivity index (χ2v) is 5.34. The molecular formula is C16H23NO3. The van der Waals surface area contributed by atoms with E-state index in [1.807, 2.05) is 31.2 Å². The zero-order valence-electron chi connectivity index (χ0n) is 12.0. The van der Waals surface area contributed by atoms with Crippen molar-refractivity contribution in [2.75, 3.05) is 19.7 Å². The van der Waals surface area contributed by atoms with Crippen molar-refractivity contribution in [1.82, 2.24) is 4.90 Å². The lowest BCUT2D eigenvalue weighted by Gasteiger charge is -2.29. The smallest absolute Gasteiger partial charge is 0.338 e. The molecule has 1 heterocycles. The normalized spacial score (nSPS) is 17.1. The number of carbonyl (C=O) groups is 1. The van der Waals surface area contributed by atoms with Gasteiger partial charge in [0.1, 0.15) is 0 Å². The van der Waals surface area contributed by atoms with E-state index in [1.165, 1.54) is 5.56 Å². The van der Waals surface area contributed by atoms with Gasteiger partial charge in [0.05, 0.1) is 18.3 Å². The zero-order chi connectivity index (χ0) is 14.4. The number of aliphatic hydroxyl groups is 1. The van der Waals surface area contributed by atoms with Crippen LogP contribution < -0.4 is 0 Å². The van der Waals surface area contributed by atoms with E-state index in [2.05, 4.69) is 4.90 Å². The van der Waals surface area contributed by atoms with Gasteiger partial charge in [0.2, 0.25) is 0 Å². The van der Waals surface area contributed by atoms with Crippen LogP contribution in [0.15, 0.2) is 24.3 Å². The van der Waals surface area contributed by atoms with Crippen LogP contribution in [0.3, 0.4) is 0 Å². The van der Waals surface area contributed by atoms with E-state index >= 15 is 0 Å². The van der Waals surface area contributed by atoms with Gasteiger partial charge >= 0.3 is 5.97 Å². The Kier molecular flexibility index (Phi) is 5.56. The topological polar surface area (TPSA) is 49.8 Å². The molecule has 2 rings (SSSR count). The van der Waals surface area contributed by atoms with Gasteiger partial charge < -0.3 is 9.84 Å². The summed E-state index contributed by atoms with van der Waals surface area (Å²) < 4.78 is 5.10. The number of aliphatic hydroxyl groups excluding tert-OH is 1. The highest BCUT2D eigenvalue weighted by Gasteiger charge is 2.17. The predicted molar refractivity (Wildman–Crippen MR) is 77.5 cm³/mol. The zero-order valence-corrected chi connectivity index (χ0v) is 12.0. The van der Waals surface area contributed by atoms with E-state index in [-0.39, 0.29) is 12.1 Å². The lowest BCUT2D eigenvalue weighted by molar-refractivity contribution is 0.0505. The number of esters is 1. The molecule has 1 N–H and O–H groups in total. The maximum atomic E-state index is 11.7. The molecule has 0 atom stereocenters. The van der Waals surface area contributed by atoms with Crippen LogP contribution in [0.4, 0.5) is 0 Å². The molecule has 1 aromatic carbocycles. The molecule has 4 heteroatoms. The highest BCUT2D eigenvalue weighted by atomic mass is 16.5. The summed E-state index contributed by atoms with van der Waals surface area (Å²) in [7, 11) is 0. The number of hydrogen-bond donors (Lipinski definition) is 1. The Morgan fingerprint density at radius 3 is 2.55 bits per heavy atom. The molecule has 0 radical (unpaired) electrons. The number of nitrogens with zero attached hydrogens (tertiary/aromatic N) is 1. The fraction of sp³-hybridized carbons (Fsp3) is 0.562. The summed E-state index contributed by atoms with van der Waals surface area (Å²) >= 11 is 0. The lowest BCUT2D eigenvalue weighted by atomic mass is 10.1. The van der Waals surface area contributed by atoms with Crippen LogP contribution in [0.2, 0.25) is 0 Å². The van der Waals surface area contributed by atoms with Crippen molar-refractivity contribution in [1.29, 1.82) is 0 Å². The van der Waals surface area contributed by atoms with Crippen LogP contribution in [0.5, 0.6) is 0 Å². The average molecular weight is 277 g/mol. The fourth-order valence-corrected chi connectivity index (χ4v) is 2.36. The molecule has 1 fully saturated rings. The average Bonchev–Trinajstić information content (AvgIpc) is 2.48. The molecule has 0 aromatic heterocycles. The van der Waals surface area contributed by atoms with Crippen LogP contribution in [0.1, 0.15) is 42.1 Å². The van der Waals surface area contributed by atoms with Crippen molar-refractivity contribution in [3.63, 3.8) is 0 Å². The van der Waals surface area contributed by atoms with E-state index in [9.17, 15) is 9.90 Å². The second kappa shape index (κ2) is 7.41. The molecule has 0 bridgehead atoms. The minimum absolute atomic E-state index is 0.137. The van der Waals surface area contributed by atoms with Crippen molar-refractivity contribution in [3.05, 3.63) is 35.4 Å². The van der Waals surface area contributed by atoms with Crippen LogP contribution in [-0.2, 0) is 11.3 Å². The molecule has 20 heavy (non-hydrogen) atoms. The molecule has 0 unspecified atom stereocenters. The SMILES string of the molecule is CCCOC(=O)c1ccc(CN2CCC(O)CC2)cc1. The molecule has 1 saturated heterocycles. The number of hydrogen-bond acceptors (Lipinski definition) is 4. The van der Waals surface area contributed by atoms with Gasteiger partial charge in [-0.3, -0.25) is 4.90 Å². The number of carbonyl (C=O) groups excluding carboxylic acids is 1. The van der Waals surface area contributed by atoms with E-state index in [0.717, 1.165) is 38.9 Å². The van der Waals surface area contributed by atoms with Gasteiger partial charge in [-0.25, -0.2) is 4.79 Å². The van der Waals surface area contributed by atoms with Gasteiger partial charge in [-0.15, -0.1) is 0 Å². The van der Waals surface area contributed by atoms with E-state index in [4.69, 9.17) is 4.74 Å².